The lowest BCUT2D eigenvalue weighted by Crippen LogP contribution is -2.37. The van der Waals surface area contributed by atoms with E-state index in [-0.39, 0.29) is 11.9 Å². The predicted octanol–water partition coefficient (Wildman–Crippen LogP) is 1.13. The molecule has 0 aromatic heterocycles. The molecule has 0 aliphatic heterocycles. The van der Waals surface area contributed by atoms with E-state index in [1.165, 1.54) is 6.07 Å². The molecule has 1 aliphatic carbocycles. The van der Waals surface area contributed by atoms with Gasteiger partial charge in [0.05, 0.1) is 11.8 Å². The molecule has 0 radical (unpaired) electrons. The van der Waals surface area contributed by atoms with Crippen LogP contribution in [0.5, 0.6) is 0 Å². The van der Waals surface area contributed by atoms with E-state index >= 15 is 0 Å². The van der Waals surface area contributed by atoms with Crippen molar-refractivity contribution in [2.45, 2.75) is 18.9 Å². The van der Waals surface area contributed by atoms with Gasteiger partial charge in [-0.3, -0.25) is 0 Å². The highest BCUT2D eigenvalue weighted by atomic mass is 19.1. The van der Waals surface area contributed by atoms with Crippen molar-refractivity contribution in [3.8, 4) is 0 Å². The first-order valence-corrected chi connectivity index (χ1v) is 6.18. The van der Waals surface area contributed by atoms with E-state index in [0.717, 1.165) is 12.8 Å². The van der Waals surface area contributed by atoms with E-state index in [9.17, 15) is 9.50 Å². The van der Waals surface area contributed by atoms with Gasteiger partial charge in [-0.25, -0.2) is 4.39 Å². The summed E-state index contributed by atoms with van der Waals surface area (Å²) in [6.07, 6.45) is 1.34. The third kappa shape index (κ3) is 2.96. The average molecular weight is 267 g/mol. The summed E-state index contributed by atoms with van der Waals surface area (Å²) >= 11 is 0. The maximum Gasteiger partial charge on any atom is 0.170 e. The molecule has 1 aromatic rings. The molecular formula is C13H18FN3O2. The Labute approximate surface area is 111 Å². The number of rotatable bonds is 4. The van der Waals surface area contributed by atoms with Crippen molar-refractivity contribution in [3.63, 3.8) is 0 Å². The topological polar surface area (TPSA) is 82.1 Å². The van der Waals surface area contributed by atoms with Crippen molar-refractivity contribution in [2.75, 3.05) is 18.5 Å². The molecule has 0 bridgehead atoms. The smallest absolute Gasteiger partial charge is 0.170 e. The van der Waals surface area contributed by atoms with Gasteiger partial charge in [0.25, 0.3) is 0 Å². The Morgan fingerprint density at radius 1 is 1.53 bits per heavy atom. The first kappa shape index (κ1) is 13.6. The molecule has 0 amide bonds. The third-order valence-electron chi connectivity index (χ3n) is 3.51. The lowest BCUT2D eigenvalue weighted by atomic mass is 9.82. The summed E-state index contributed by atoms with van der Waals surface area (Å²) < 4.78 is 14.0. The predicted molar refractivity (Wildman–Crippen MR) is 70.9 cm³/mol. The van der Waals surface area contributed by atoms with Crippen molar-refractivity contribution in [3.05, 3.63) is 29.6 Å². The molecule has 0 saturated heterocycles. The van der Waals surface area contributed by atoms with Crippen LogP contribution in [-0.4, -0.2) is 35.8 Å². The Kier molecular flexibility index (Phi) is 3.90. The number of halogens is 1. The van der Waals surface area contributed by atoms with Crippen LogP contribution in [0.25, 0.3) is 0 Å². The van der Waals surface area contributed by atoms with Gasteiger partial charge in [-0.2, -0.15) is 0 Å². The summed E-state index contributed by atoms with van der Waals surface area (Å²) in [7, 11) is 1.81. The second-order valence-corrected chi connectivity index (χ2v) is 5.02. The van der Waals surface area contributed by atoms with Crippen molar-refractivity contribution in [1.82, 2.24) is 0 Å². The lowest BCUT2D eigenvalue weighted by molar-refractivity contribution is 0.0464. The van der Waals surface area contributed by atoms with E-state index in [1.54, 1.807) is 12.1 Å². The molecule has 0 spiro atoms. The summed E-state index contributed by atoms with van der Waals surface area (Å²) in [5.74, 6) is -0.121. The summed E-state index contributed by atoms with van der Waals surface area (Å²) in [4.78, 5) is 1.82. The molecule has 0 heterocycles. The van der Waals surface area contributed by atoms with Crippen LogP contribution in [0.3, 0.4) is 0 Å². The Morgan fingerprint density at radius 2 is 2.21 bits per heavy atom. The van der Waals surface area contributed by atoms with Crippen LogP contribution in [-0.2, 0) is 0 Å². The van der Waals surface area contributed by atoms with Gasteiger partial charge in [-0.05, 0) is 37.0 Å². The number of aliphatic hydroxyl groups excluding tert-OH is 1. The Hall–Kier alpha value is -1.82. The van der Waals surface area contributed by atoms with Crippen LogP contribution in [0.15, 0.2) is 23.4 Å². The van der Waals surface area contributed by atoms with Crippen LogP contribution in [0.4, 0.5) is 10.1 Å². The number of benzene rings is 1. The molecular weight excluding hydrogens is 249 g/mol. The van der Waals surface area contributed by atoms with E-state index in [4.69, 9.17) is 10.9 Å². The molecule has 4 N–H and O–H groups in total. The number of oxime groups is 1. The fourth-order valence-electron chi connectivity index (χ4n) is 2.37. The number of anilines is 1. The standard InChI is InChI=1S/C13H18FN3O2/c1-17(7-8-4-10(18)5-8)12-3-2-9(6-11(12)14)13(15)16-19/h2-3,6,8,10,18-19H,4-5,7H2,1H3,(H2,15,16). The molecule has 6 heteroatoms. The highest BCUT2D eigenvalue weighted by molar-refractivity contribution is 5.97. The first-order chi connectivity index (χ1) is 9.01. The Bertz CT molecular complexity index is 487. The van der Waals surface area contributed by atoms with Crippen LogP contribution >= 0.6 is 0 Å². The van der Waals surface area contributed by atoms with Crippen LogP contribution in [0, 0.1) is 11.7 Å². The lowest BCUT2D eigenvalue weighted by Gasteiger charge is -2.35. The Balaban J connectivity index is 2.07. The molecule has 1 aliphatic rings. The number of hydrogen-bond acceptors (Lipinski definition) is 4. The summed E-state index contributed by atoms with van der Waals surface area (Å²) in [5.41, 5.74) is 6.22. The van der Waals surface area contributed by atoms with Gasteiger partial charge in [0, 0.05) is 19.2 Å². The van der Waals surface area contributed by atoms with E-state index < -0.39 is 5.82 Å². The largest absolute Gasteiger partial charge is 0.409 e. The zero-order chi connectivity index (χ0) is 14.0. The van der Waals surface area contributed by atoms with Gasteiger partial charge in [0.2, 0.25) is 0 Å². The minimum absolute atomic E-state index is 0.116. The van der Waals surface area contributed by atoms with Crippen LogP contribution in [0.2, 0.25) is 0 Å². The van der Waals surface area contributed by atoms with Gasteiger partial charge >= 0.3 is 0 Å². The summed E-state index contributed by atoms with van der Waals surface area (Å²) in [6, 6.07) is 4.47. The maximum absolute atomic E-state index is 14.0. The van der Waals surface area contributed by atoms with Crippen molar-refractivity contribution < 1.29 is 14.7 Å². The molecule has 0 unspecified atom stereocenters. The zero-order valence-electron chi connectivity index (χ0n) is 10.8. The molecule has 1 fully saturated rings. The molecule has 1 saturated carbocycles. The minimum atomic E-state index is -0.411. The highest BCUT2D eigenvalue weighted by Crippen LogP contribution is 2.29. The highest BCUT2D eigenvalue weighted by Gasteiger charge is 2.28. The van der Waals surface area contributed by atoms with Crippen molar-refractivity contribution >= 4 is 11.5 Å². The quantitative estimate of drug-likeness (QED) is 0.330. The van der Waals surface area contributed by atoms with E-state index in [1.807, 2.05) is 11.9 Å². The third-order valence-corrected chi connectivity index (χ3v) is 3.51. The number of aliphatic hydroxyl groups is 1. The second kappa shape index (κ2) is 5.44. The van der Waals surface area contributed by atoms with E-state index in [0.29, 0.717) is 23.7 Å². The molecule has 1 aromatic carbocycles. The summed E-state index contributed by atoms with van der Waals surface area (Å²) in [6.45, 7) is 0.705. The number of amidine groups is 1. The van der Waals surface area contributed by atoms with Gasteiger partial charge < -0.3 is 20.9 Å². The molecule has 104 valence electrons. The van der Waals surface area contributed by atoms with Crippen molar-refractivity contribution in [2.24, 2.45) is 16.8 Å². The van der Waals surface area contributed by atoms with Crippen molar-refractivity contribution in [1.29, 1.82) is 0 Å². The first-order valence-electron chi connectivity index (χ1n) is 6.18. The number of nitrogens with zero attached hydrogens (tertiary/aromatic N) is 2. The molecule has 0 atom stereocenters. The molecule has 2 rings (SSSR count). The zero-order valence-corrected chi connectivity index (χ0v) is 10.8. The fourth-order valence-corrected chi connectivity index (χ4v) is 2.37. The van der Waals surface area contributed by atoms with Crippen LogP contribution < -0.4 is 10.6 Å². The molecule has 19 heavy (non-hydrogen) atoms. The monoisotopic (exact) mass is 267 g/mol. The number of nitrogens with two attached hydrogens (primary N) is 1. The fraction of sp³-hybridized carbons (Fsp3) is 0.462. The average Bonchev–Trinajstić information content (AvgIpc) is 2.35. The van der Waals surface area contributed by atoms with Crippen LogP contribution in [0.1, 0.15) is 18.4 Å². The van der Waals surface area contributed by atoms with E-state index in [2.05, 4.69) is 5.16 Å². The minimum Gasteiger partial charge on any atom is -0.409 e. The van der Waals surface area contributed by atoms with Gasteiger partial charge in [-0.15, -0.1) is 0 Å². The summed E-state index contributed by atoms with van der Waals surface area (Å²) in [5, 5.41) is 20.6. The van der Waals surface area contributed by atoms with Gasteiger partial charge in [0.15, 0.2) is 5.84 Å². The SMILES string of the molecule is CN(CC1CC(O)C1)c1ccc(C(N)=NO)cc1F. The second-order valence-electron chi connectivity index (χ2n) is 5.02. The maximum atomic E-state index is 14.0. The molecule has 5 nitrogen and oxygen atoms in total. The van der Waals surface area contributed by atoms with Gasteiger partial charge in [0.1, 0.15) is 5.82 Å². The number of hydrogen-bond donors (Lipinski definition) is 3. The Morgan fingerprint density at radius 3 is 2.74 bits per heavy atom. The van der Waals surface area contributed by atoms with Gasteiger partial charge in [-0.1, -0.05) is 5.16 Å². The normalized spacial score (nSPS) is 23.0.